The van der Waals surface area contributed by atoms with Gasteiger partial charge in [0.15, 0.2) is 0 Å². The van der Waals surface area contributed by atoms with Crippen molar-refractivity contribution in [2.45, 2.75) is 38.0 Å². The van der Waals surface area contributed by atoms with E-state index in [1.54, 1.807) is 6.07 Å². The molecule has 2 rings (SSSR count). The number of rotatable bonds is 3. The molecule has 0 heterocycles. The van der Waals surface area contributed by atoms with Gasteiger partial charge in [-0.25, -0.2) is 0 Å². The van der Waals surface area contributed by atoms with Crippen LogP contribution in [-0.4, -0.2) is 6.04 Å². The van der Waals surface area contributed by atoms with E-state index < -0.39 is 11.7 Å². The zero-order valence-electron chi connectivity index (χ0n) is 9.15. The number of nitrogens with one attached hydrogen (secondary N) is 1. The van der Waals surface area contributed by atoms with Crippen LogP contribution >= 0.6 is 15.9 Å². The Morgan fingerprint density at radius 2 is 1.94 bits per heavy atom. The van der Waals surface area contributed by atoms with Crippen molar-refractivity contribution in [3.05, 3.63) is 33.8 Å². The van der Waals surface area contributed by atoms with Crippen LogP contribution in [0.3, 0.4) is 0 Å². The van der Waals surface area contributed by atoms with Gasteiger partial charge < -0.3 is 5.32 Å². The van der Waals surface area contributed by atoms with Crippen molar-refractivity contribution in [2.24, 2.45) is 0 Å². The van der Waals surface area contributed by atoms with Crippen LogP contribution < -0.4 is 5.32 Å². The molecule has 1 fully saturated rings. The van der Waals surface area contributed by atoms with Gasteiger partial charge in [0.05, 0.1) is 5.56 Å². The minimum Gasteiger partial charge on any atom is -0.310 e. The molecule has 94 valence electrons. The van der Waals surface area contributed by atoms with Gasteiger partial charge in [-0.05, 0) is 36.6 Å². The van der Waals surface area contributed by atoms with Crippen LogP contribution in [0, 0.1) is 0 Å². The second-order valence-corrected chi connectivity index (χ2v) is 5.27. The Morgan fingerprint density at radius 1 is 1.24 bits per heavy atom. The molecule has 0 bridgehead atoms. The largest absolute Gasteiger partial charge is 0.416 e. The molecule has 1 aliphatic carbocycles. The first-order chi connectivity index (χ1) is 7.95. The molecule has 0 atom stereocenters. The van der Waals surface area contributed by atoms with E-state index in [0.29, 0.717) is 22.6 Å². The van der Waals surface area contributed by atoms with Crippen molar-refractivity contribution in [1.82, 2.24) is 5.32 Å². The van der Waals surface area contributed by atoms with Crippen molar-refractivity contribution in [3.8, 4) is 0 Å². The smallest absolute Gasteiger partial charge is 0.310 e. The maximum atomic E-state index is 12.6. The topological polar surface area (TPSA) is 12.0 Å². The Hall–Kier alpha value is -0.550. The monoisotopic (exact) mass is 307 g/mol. The molecule has 5 heteroatoms. The van der Waals surface area contributed by atoms with Gasteiger partial charge in [-0.3, -0.25) is 0 Å². The molecule has 1 aliphatic rings. The van der Waals surface area contributed by atoms with Gasteiger partial charge in [0, 0.05) is 17.1 Å². The average Bonchev–Trinajstić information content (AvgIpc) is 2.13. The van der Waals surface area contributed by atoms with E-state index in [2.05, 4.69) is 21.2 Å². The first-order valence-electron chi connectivity index (χ1n) is 5.55. The van der Waals surface area contributed by atoms with Crippen LogP contribution in [0.4, 0.5) is 13.2 Å². The van der Waals surface area contributed by atoms with Crippen molar-refractivity contribution < 1.29 is 13.2 Å². The molecule has 0 aliphatic heterocycles. The maximum Gasteiger partial charge on any atom is 0.416 e. The van der Waals surface area contributed by atoms with Gasteiger partial charge in [-0.15, -0.1) is 0 Å². The van der Waals surface area contributed by atoms with Crippen LogP contribution in [-0.2, 0) is 12.7 Å². The third kappa shape index (κ3) is 3.45. The van der Waals surface area contributed by atoms with Crippen LogP contribution in [0.2, 0.25) is 0 Å². The van der Waals surface area contributed by atoms with Crippen molar-refractivity contribution >= 4 is 15.9 Å². The van der Waals surface area contributed by atoms with E-state index in [-0.39, 0.29) is 0 Å². The fraction of sp³-hybridized carbons (Fsp3) is 0.500. The second kappa shape index (κ2) is 4.98. The third-order valence-electron chi connectivity index (χ3n) is 2.98. The van der Waals surface area contributed by atoms with Gasteiger partial charge in [-0.2, -0.15) is 13.2 Å². The van der Waals surface area contributed by atoms with Gasteiger partial charge >= 0.3 is 6.18 Å². The summed E-state index contributed by atoms with van der Waals surface area (Å²) in [5.41, 5.74) is 0.0656. The van der Waals surface area contributed by atoms with E-state index in [9.17, 15) is 13.2 Å². The van der Waals surface area contributed by atoms with Crippen LogP contribution in [0.5, 0.6) is 0 Å². The second-order valence-electron chi connectivity index (χ2n) is 4.35. The van der Waals surface area contributed by atoms with Gasteiger partial charge in [0.2, 0.25) is 0 Å². The summed E-state index contributed by atoms with van der Waals surface area (Å²) >= 11 is 3.12. The fourth-order valence-corrected chi connectivity index (χ4v) is 2.33. The Balaban J connectivity index is 2.08. The van der Waals surface area contributed by atoms with E-state index in [0.717, 1.165) is 18.9 Å². The zero-order chi connectivity index (χ0) is 12.5. The maximum absolute atomic E-state index is 12.6. The lowest BCUT2D eigenvalue weighted by Gasteiger charge is -2.26. The number of hydrogen-bond donors (Lipinski definition) is 1. The third-order valence-corrected chi connectivity index (χ3v) is 3.44. The Kier molecular flexibility index (Phi) is 3.78. The summed E-state index contributed by atoms with van der Waals surface area (Å²) < 4.78 is 38.2. The highest BCUT2D eigenvalue weighted by molar-refractivity contribution is 9.10. The number of alkyl halides is 3. The lowest BCUT2D eigenvalue weighted by atomic mass is 9.93. The number of benzene rings is 1. The quantitative estimate of drug-likeness (QED) is 0.886. The molecule has 0 saturated heterocycles. The summed E-state index contributed by atoms with van der Waals surface area (Å²) in [6, 6.07) is 4.51. The molecule has 1 N–H and O–H groups in total. The van der Waals surface area contributed by atoms with E-state index in [1.165, 1.54) is 12.5 Å². The van der Waals surface area contributed by atoms with Crippen LogP contribution in [0.1, 0.15) is 30.4 Å². The summed E-state index contributed by atoms with van der Waals surface area (Å²) in [6.07, 6.45) is -0.820. The first-order valence-corrected chi connectivity index (χ1v) is 6.34. The predicted molar refractivity (Wildman–Crippen MR) is 63.6 cm³/mol. The summed E-state index contributed by atoms with van der Waals surface area (Å²) in [4.78, 5) is 0. The number of hydrogen-bond acceptors (Lipinski definition) is 1. The molecule has 0 spiro atoms. The molecule has 1 nitrogen and oxygen atoms in total. The lowest BCUT2D eigenvalue weighted by molar-refractivity contribution is -0.137. The van der Waals surface area contributed by atoms with Gasteiger partial charge in [0.25, 0.3) is 0 Å². The van der Waals surface area contributed by atoms with Crippen molar-refractivity contribution in [2.75, 3.05) is 0 Å². The highest BCUT2D eigenvalue weighted by atomic mass is 79.9. The van der Waals surface area contributed by atoms with Gasteiger partial charge in [-0.1, -0.05) is 22.4 Å². The molecule has 0 radical (unpaired) electrons. The first kappa shape index (κ1) is 12.9. The molecule has 0 aromatic heterocycles. The molecule has 0 amide bonds. The normalized spacial score (nSPS) is 16.9. The number of halogens is 4. The SMILES string of the molecule is FC(F)(F)c1cc(Br)cc(CNC2CCC2)c1. The average molecular weight is 308 g/mol. The highest BCUT2D eigenvalue weighted by Gasteiger charge is 2.31. The van der Waals surface area contributed by atoms with Gasteiger partial charge in [0.1, 0.15) is 0 Å². The summed E-state index contributed by atoms with van der Waals surface area (Å²) in [6.45, 7) is 0.493. The Labute approximate surface area is 107 Å². The highest BCUT2D eigenvalue weighted by Crippen LogP contribution is 2.32. The van der Waals surface area contributed by atoms with E-state index >= 15 is 0 Å². The molecule has 1 saturated carbocycles. The fourth-order valence-electron chi connectivity index (χ4n) is 1.79. The molecular formula is C12H13BrF3N. The predicted octanol–water partition coefficient (Wildman–Crippen LogP) is 4.11. The Bertz CT molecular complexity index is 399. The van der Waals surface area contributed by atoms with Crippen molar-refractivity contribution in [3.63, 3.8) is 0 Å². The Morgan fingerprint density at radius 3 is 2.47 bits per heavy atom. The molecular weight excluding hydrogens is 295 g/mol. The minimum atomic E-state index is -4.28. The van der Waals surface area contributed by atoms with Crippen LogP contribution in [0.25, 0.3) is 0 Å². The summed E-state index contributed by atoms with van der Waals surface area (Å²) in [5.74, 6) is 0. The lowest BCUT2D eigenvalue weighted by Crippen LogP contribution is -2.34. The minimum absolute atomic E-state index is 0.470. The molecule has 1 aromatic carbocycles. The standard InChI is InChI=1S/C12H13BrF3N/c13-10-5-8(7-17-11-2-1-3-11)4-9(6-10)12(14,15)16/h4-6,11,17H,1-3,7H2. The van der Waals surface area contributed by atoms with E-state index in [4.69, 9.17) is 0 Å². The summed E-state index contributed by atoms with van der Waals surface area (Å²) in [5, 5.41) is 3.25. The van der Waals surface area contributed by atoms with E-state index in [1.807, 2.05) is 0 Å². The molecule has 1 aromatic rings. The molecule has 17 heavy (non-hydrogen) atoms. The van der Waals surface area contributed by atoms with Crippen molar-refractivity contribution in [1.29, 1.82) is 0 Å². The summed E-state index contributed by atoms with van der Waals surface area (Å²) in [7, 11) is 0. The van der Waals surface area contributed by atoms with Crippen LogP contribution in [0.15, 0.2) is 22.7 Å². The molecule has 0 unspecified atom stereocenters. The zero-order valence-corrected chi connectivity index (χ0v) is 10.7.